The number of nitrogens with one attached hydrogen (secondary N) is 2. The van der Waals surface area contributed by atoms with Crippen LogP contribution in [0, 0.1) is 0 Å². The van der Waals surface area contributed by atoms with Gasteiger partial charge in [0.15, 0.2) is 0 Å². The molecule has 0 heterocycles. The van der Waals surface area contributed by atoms with Crippen LogP contribution in [0.4, 0.5) is 0 Å². The Labute approximate surface area is 155 Å². The topological polar surface area (TPSA) is 125 Å². The molecule has 1 rings (SSSR count). The Hall–Kier alpha value is -1.22. The molecule has 0 bridgehead atoms. The molecule has 0 aliphatic heterocycles. The zero-order valence-corrected chi connectivity index (χ0v) is 15.6. The van der Waals surface area contributed by atoms with Gasteiger partial charge < -0.3 is 25.5 Å². The molecule has 0 aromatic heterocycles. The average Bonchev–Trinajstić information content (AvgIpc) is 2.65. The minimum absolute atomic E-state index is 0.0787. The molecule has 1 aromatic rings. The summed E-state index contributed by atoms with van der Waals surface area (Å²) in [5, 5.41) is 52.7. The molecule has 7 N–H and O–H groups in total. The van der Waals surface area contributed by atoms with Crippen LogP contribution in [0.1, 0.15) is 55.7 Å². The van der Waals surface area contributed by atoms with Gasteiger partial charge in [0.2, 0.25) is 0 Å². The van der Waals surface area contributed by atoms with Gasteiger partial charge in [-0.05, 0) is 18.4 Å². The van der Waals surface area contributed by atoms with Gasteiger partial charge in [-0.2, -0.15) is 0 Å². The number of aromatic hydroxyl groups is 1. The van der Waals surface area contributed by atoms with Crippen molar-refractivity contribution in [1.82, 2.24) is 10.6 Å². The van der Waals surface area contributed by atoms with Crippen LogP contribution < -0.4 is 10.6 Å². The minimum atomic E-state index is -1.05. The lowest BCUT2D eigenvalue weighted by atomic mass is 9.99. The van der Waals surface area contributed by atoms with E-state index in [0.717, 1.165) is 24.8 Å². The second-order valence-electron chi connectivity index (χ2n) is 6.59. The lowest BCUT2D eigenvalue weighted by Gasteiger charge is -2.17. The van der Waals surface area contributed by atoms with E-state index < -0.39 is 25.7 Å². The van der Waals surface area contributed by atoms with E-state index in [-0.39, 0.29) is 18.8 Å². The van der Waals surface area contributed by atoms with Gasteiger partial charge >= 0.3 is 0 Å². The average molecular weight is 370 g/mol. The summed E-state index contributed by atoms with van der Waals surface area (Å²) < 4.78 is 0. The van der Waals surface area contributed by atoms with Crippen molar-refractivity contribution in [3.05, 3.63) is 28.8 Å². The Morgan fingerprint density at radius 3 is 1.81 bits per heavy atom. The zero-order valence-electron chi connectivity index (χ0n) is 15.6. The van der Waals surface area contributed by atoms with Crippen molar-refractivity contribution >= 4 is 0 Å². The molecule has 0 saturated carbocycles. The quantitative estimate of drug-likeness (QED) is 0.190. The number of hydrogen-bond acceptors (Lipinski definition) is 7. The van der Waals surface area contributed by atoms with Crippen molar-refractivity contribution in [1.29, 1.82) is 0 Å². The van der Waals surface area contributed by atoms with Gasteiger partial charge in [0.25, 0.3) is 0 Å². The molecule has 0 radical (unpaired) electrons. The summed E-state index contributed by atoms with van der Waals surface area (Å²) >= 11 is 0. The molecule has 2 atom stereocenters. The van der Waals surface area contributed by atoms with E-state index in [0.29, 0.717) is 11.1 Å². The Morgan fingerprint density at radius 2 is 1.35 bits per heavy atom. The molecule has 26 heavy (non-hydrogen) atoms. The van der Waals surface area contributed by atoms with Crippen molar-refractivity contribution in [2.45, 2.75) is 71.0 Å². The largest absolute Gasteiger partial charge is 0.507 e. The maximum Gasteiger partial charge on any atom is 0.128 e. The molecular formula is C19H34N2O5. The van der Waals surface area contributed by atoms with Crippen molar-refractivity contribution in [2.75, 3.05) is 13.2 Å². The molecule has 0 fully saturated rings. The van der Waals surface area contributed by atoms with Gasteiger partial charge in [0.05, 0.1) is 13.2 Å². The molecule has 0 saturated heterocycles. The number of rotatable bonds is 14. The molecule has 0 amide bonds. The smallest absolute Gasteiger partial charge is 0.128 e. The van der Waals surface area contributed by atoms with E-state index in [2.05, 4.69) is 17.6 Å². The van der Waals surface area contributed by atoms with Crippen molar-refractivity contribution in [3.63, 3.8) is 0 Å². The molecule has 0 spiro atoms. The fraction of sp³-hybridized carbons (Fsp3) is 0.684. The first-order valence-corrected chi connectivity index (χ1v) is 9.40. The summed E-state index contributed by atoms with van der Waals surface area (Å²) in [6, 6.07) is 3.80. The van der Waals surface area contributed by atoms with E-state index in [9.17, 15) is 15.3 Å². The van der Waals surface area contributed by atoms with Crippen LogP contribution >= 0.6 is 0 Å². The predicted molar refractivity (Wildman–Crippen MR) is 100 cm³/mol. The van der Waals surface area contributed by atoms with Crippen LogP contribution in [-0.4, -0.2) is 51.2 Å². The summed E-state index contributed by atoms with van der Waals surface area (Å²) in [5.74, 6) is 0.0787. The van der Waals surface area contributed by atoms with E-state index in [4.69, 9.17) is 10.2 Å². The Balaban J connectivity index is 2.82. The van der Waals surface area contributed by atoms with Crippen LogP contribution in [-0.2, 0) is 19.5 Å². The maximum atomic E-state index is 10.5. The van der Waals surface area contributed by atoms with Gasteiger partial charge in [-0.1, -0.05) is 44.7 Å². The van der Waals surface area contributed by atoms with Crippen molar-refractivity contribution < 1.29 is 25.5 Å². The first-order chi connectivity index (χ1) is 12.5. The summed E-state index contributed by atoms with van der Waals surface area (Å²) in [4.78, 5) is 0. The van der Waals surface area contributed by atoms with Crippen LogP contribution in [0.15, 0.2) is 12.1 Å². The van der Waals surface area contributed by atoms with Crippen molar-refractivity contribution in [2.24, 2.45) is 0 Å². The number of hydrogen-bond donors (Lipinski definition) is 7. The fourth-order valence-corrected chi connectivity index (χ4v) is 2.76. The molecular weight excluding hydrogens is 336 g/mol. The van der Waals surface area contributed by atoms with Crippen molar-refractivity contribution in [3.8, 4) is 5.75 Å². The minimum Gasteiger partial charge on any atom is -0.507 e. The zero-order chi connectivity index (χ0) is 19.4. The van der Waals surface area contributed by atoms with Gasteiger partial charge in [0.1, 0.15) is 18.2 Å². The Bertz CT molecular complexity index is 478. The van der Waals surface area contributed by atoms with Gasteiger partial charge in [-0.15, -0.1) is 0 Å². The third-order valence-electron chi connectivity index (χ3n) is 4.30. The Kier molecular flexibility index (Phi) is 11.4. The second kappa shape index (κ2) is 13.0. The highest BCUT2D eigenvalue weighted by Crippen LogP contribution is 2.26. The van der Waals surface area contributed by atoms with Crippen LogP contribution in [0.5, 0.6) is 5.75 Å². The highest BCUT2D eigenvalue weighted by Gasteiger charge is 2.13. The van der Waals surface area contributed by atoms with E-state index >= 15 is 0 Å². The van der Waals surface area contributed by atoms with Crippen LogP contribution in [0.25, 0.3) is 0 Å². The van der Waals surface area contributed by atoms with Gasteiger partial charge in [-0.3, -0.25) is 10.6 Å². The lowest BCUT2D eigenvalue weighted by Crippen LogP contribution is -2.32. The fourth-order valence-electron chi connectivity index (χ4n) is 2.76. The SMILES string of the molecule is CCCCCCCc1cc(CNC(O)CO)c(O)c(CNC(O)CO)c1. The van der Waals surface area contributed by atoms with Crippen LogP contribution in [0.2, 0.25) is 0 Å². The normalized spacial score (nSPS) is 13.7. The number of phenols is 1. The summed E-state index contributed by atoms with van der Waals surface area (Å²) in [6.07, 6.45) is 4.64. The standard InChI is InChI=1S/C19H34N2O5/c1-2-3-4-5-6-7-14-8-15(10-20-17(24)12-22)19(26)16(9-14)11-21-18(25)13-23/h8-9,17-18,20-26H,2-7,10-13H2,1H3. The van der Waals surface area contributed by atoms with Gasteiger partial charge in [-0.25, -0.2) is 0 Å². The first-order valence-electron chi connectivity index (χ1n) is 9.40. The van der Waals surface area contributed by atoms with E-state index in [1.54, 1.807) is 0 Å². The third kappa shape index (κ3) is 8.44. The molecule has 1 aromatic carbocycles. The number of aliphatic hydroxyl groups excluding tert-OH is 4. The lowest BCUT2D eigenvalue weighted by molar-refractivity contribution is 0.0658. The summed E-state index contributed by atoms with van der Waals surface area (Å²) in [5.41, 5.74) is 2.32. The third-order valence-corrected chi connectivity index (χ3v) is 4.30. The summed E-state index contributed by atoms with van der Waals surface area (Å²) in [6.45, 7) is 1.80. The number of aryl methyl sites for hydroxylation is 1. The predicted octanol–water partition coefficient (Wildman–Crippen LogP) is 0.706. The van der Waals surface area contributed by atoms with E-state index in [1.807, 2.05) is 12.1 Å². The van der Waals surface area contributed by atoms with E-state index in [1.165, 1.54) is 19.3 Å². The Morgan fingerprint density at radius 1 is 0.846 bits per heavy atom. The molecule has 2 unspecified atom stereocenters. The molecule has 7 heteroatoms. The second-order valence-corrected chi connectivity index (χ2v) is 6.59. The van der Waals surface area contributed by atoms with Gasteiger partial charge in [0, 0.05) is 24.2 Å². The molecule has 150 valence electrons. The number of aliphatic hydroxyl groups is 4. The highest BCUT2D eigenvalue weighted by molar-refractivity contribution is 5.44. The van der Waals surface area contributed by atoms with Crippen LogP contribution in [0.3, 0.4) is 0 Å². The monoisotopic (exact) mass is 370 g/mol. The maximum absolute atomic E-state index is 10.5. The highest BCUT2D eigenvalue weighted by atomic mass is 16.3. The molecule has 0 aliphatic rings. The number of phenolic OH excluding ortho intramolecular Hbond substituents is 1. The number of unbranched alkanes of at least 4 members (excludes halogenated alkanes) is 4. The molecule has 0 aliphatic carbocycles. The first kappa shape index (κ1) is 22.8. The molecule has 7 nitrogen and oxygen atoms in total. The number of benzene rings is 1. The summed E-state index contributed by atoms with van der Waals surface area (Å²) in [7, 11) is 0.